The molecule has 0 unspecified atom stereocenters. The van der Waals surface area contributed by atoms with Crippen LogP contribution in [0.5, 0.6) is 0 Å². The molecule has 2 aromatic rings. The van der Waals surface area contributed by atoms with E-state index in [0.717, 1.165) is 67.2 Å². The number of aromatic nitrogens is 2. The van der Waals surface area contributed by atoms with E-state index in [1.165, 1.54) is 0 Å². The van der Waals surface area contributed by atoms with Crippen LogP contribution in [0, 0.1) is 0 Å². The van der Waals surface area contributed by atoms with Crippen LogP contribution >= 0.6 is 11.6 Å². The van der Waals surface area contributed by atoms with Gasteiger partial charge in [0.25, 0.3) is 0 Å². The third kappa shape index (κ3) is 5.46. The highest BCUT2D eigenvalue weighted by atomic mass is 35.5. The Morgan fingerprint density at radius 1 is 1.21 bits per heavy atom. The van der Waals surface area contributed by atoms with Gasteiger partial charge in [0.2, 0.25) is 5.95 Å². The minimum atomic E-state index is 0.708. The second-order valence-corrected chi connectivity index (χ2v) is 7.75. The van der Waals surface area contributed by atoms with Gasteiger partial charge in [-0.2, -0.15) is 0 Å². The molecular weight excluding hydrogens is 372 g/mol. The van der Waals surface area contributed by atoms with Crippen molar-refractivity contribution < 1.29 is 4.79 Å². The molecule has 0 amide bonds. The van der Waals surface area contributed by atoms with Crippen LogP contribution in [-0.2, 0) is 18.4 Å². The van der Waals surface area contributed by atoms with Crippen LogP contribution in [0.1, 0.15) is 38.8 Å². The van der Waals surface area contributed by atoms with Gasteiger partial charge in [-0.1, -0.05) is 43.5 Å². The Morgan fingerprint density at radius 3 is 2.46 bits per heavy atom. The Kier molecular flexibility index (Phi) is 8.27. The molecule has 0 aliphatic carbocycles. The highest BCUT2D eigenvalue weighted by molar-refractivity contribution is 6.30. The molecule has 0 saturated carbocycles. The van der Waals surface area contributed by atoms with Crippen LogP contribution in [0.2, 0.25) is 5.02 Å². The van der Waals surface area contributed by atoms with E-state index in [0.29, 0.717) is 5.02 Å². The molecule has 1 aromatic carbocycles. The highest BCUT2D eigenvalue weighted by Crippen LogP contribution is 2.30. The van der Waals surface area contributed by atoms with Crippen molar-refractivity contribution in [2.75, 3.05) is 25.5 Å². The maximum Gasteiger partial charge on any atom is 0.210 e. The van der Waals surface area contributed by atoms with Gasteiger partial charge in [0.15, 0.2) is 0 Å². The summed E-state index contributed by atoms with van der Waals surface area (Å²) in [5.41, 5.74) is 4.01. The average Bonchev–Trinajstić information content (AvgIpc) is 2.96. The van der Waals surface area contributed by atoms with Crippen LogP contribution in [0.4, 0.5) is 5.95 Å². The van der Waals surface area contributed by atoms with Gasteiger partial charge in [-0.3, -0.25) is 4.79 Å². The van der Waals surface area contributed by atoms with Crippen LogP contribution in [0.3, 0.4) is 0 Å². The summed E-state index contributed by atoms with van der Waals surface area (Å²) >= 11 is 6.07. The lowest BCUT2D eigenvalue weighted by Crippen LogP contribution is -2.26. The second kappa shape index (κ2) is 10.4. The molecule has 28 heavy (non-hydrogen) atoms. The molecule has 1 aromatic heterocycles. The van der Waals surface area contributed by atoms with E-state index in [-0.39, 0.29) is 0 Å². The molecule has 0 N–H and O–H groups in total. The van der Waals surface area contributed by atoms with Gasteiger partial charge in [0, 0.05) is 36.4 Å². The molecule has 152 valence electrons. The fraction of sp³-hybridized carbons (Fsp3) is 0.455. The summed E-state index contributed by atoms with van der Waals surface area (Å²) in [5, 5.41) is 0.708. The molecule has 6 heteroatoms. The Labute approximate surface area is 173 Å². The van der Waals surface area contributed by atoms with Crippen molar-refractivity contribution in [2.24, 2.45) is 7.05 Å². The third-order valence-corrected chi connectivity index (χ3v) is 4.99. The quantitative estimate of drug-likeness (QED) is 0.322. The molecule has 0 saturated heterocycles. The fourth-order valence-corrected chi connectivity index (χ4v) is 3.35. The molecule has 0 aliphatic heterocycles. The number of unbranched alkanes of at least 4 members (excludes halogenated alkanes) is 2. The number of nitrogens with zero attached hydrogens (tertiary/aromatic N) is 4. The number of hydrogen-bond donors (Lipinski definition) is 0. The van der Waals surface area contributed by atoms with Gasteiger partial charge >= 0.3 is 0 Å². The first kappa shape index (κ1) is 22.2. The monoisotopic (exact) mass is 402 g/mol. The Balaban J connectivity index is 2.55. The first-order chi connectivity index (χ1) is 13.4. The number of carbonyl (C=O) groups is 1. The molecule has 5 nitrogen and oxygen atoms in total. The van der Waals surface area contributed by atoms with Crippen LogP contribution < -0.4 is 4.90 Å². The predicted octanol–water partition coefficient (Wildman–Crippen LogP) is 4.90. The topological polar surface area (TPSA) is 41.4 Å². The van der Waals surface area contributed by atoms with Gasteiger partial charge in [0.05, 0.1) is 11.4 Å². The van der Waals surface area contributed by atoms with E-state index in [4.69, 9.17) is 16.6 Å². The zero-order valence-corrected chi connectivity index (χ0v) is 18.3. The summed E-state index contributed by atoms with van der Waals surface area (Å²) in [6.45, 7) is 5.74. The van der Waals surface area contributed by atoms with Crippen molar-refractivity contribution in [2.45, 2.75) is 39.7 Å². The summed E-state index contributed by atoms with van der Waals surface area (Å²) in [5.74, 6) is 0.855. The van der Waals surface area contributed by atoms with Crippen molar-refractivity contribution in [1.82, 2.24) is 14.5 Å². The van der Waals surface area contributed by atoms with Crippen LogP contribution in [0.15, 0.2) is 36.0 Å². The van der Waals surface area contributed by atoms with Crippen molar-refractivity contribution >= 4 is 23.8 Å². The van der Waals surface area contributed by atoms with Gasteiger partial charge in [-0.25, -0.2) is 4.98 Å². The van der Waals surface area contributed by atoms with E-state index in [9.17, 15) is 4.79 Å². The first-order valence-corrected chi connectivity index (χ1v) is 10.1. The van der Waals surface area contributed by atoms with Gasteiger partial charge in [-0.15, -0.1) is 0 Å². The van der Waals surface area contributed by atoms with Gasteiger partial charge in [0.1, 0.15) is 6.29 Å². The number of carbonyl (C=O) groups excluding carboxylic acids is 1. The molecule has 0 spiro atoms. The van der Waals surface area contributed by atoms with E-state index < -0.39 is 0 Å². The maximum atomic E-state index is 11.1. The van der Waals surface area contributed by atoms with Crippen LogP contribution in [0.25, 0.3) is 11.3 Å². The lowest BCUT2D eigenvalue weighted by molar-refractivity contribution is -0.104. The average molecular weight is 403 g/mol. The minimum absolute atomic E-state index is 0.708. The van der Waals surface area contributed by atoms with Crippen molar-refractivity contribution in [3.8, 4) is 11.3 Å². The standard InChI is InChI=1S/C22H31ClN4O/c1-6-7-8-14-27(17(2)13-15-28)22-24-21(18-9-11-19(23)12-10-18)20(26(22)5)16-25(3)4/h9-13,15H,6-8,14,16H2,1-5H3/b17-13-. The largest absolute Gasteiger partial charge is 0.316 e. The molecule has 0 aliphatic rings. The smallest absolute Gasteiger partial charge is 0.210 e. The number of benzene rings is 1. The van der Waals surface area contributed by atoms with Crippen molar-refractivity contribution in [3.63, 3.8) is 0 Å². The lowest BCUT2D eigenvalue weighted by atomic mass is 10.1. The predicted molar refractivity (Wildman–Crippen MR) is 118 cm³/mol. The molecule has 0 radical (unpaired) electrons. The second-order valence-electron chi connectivity index (χ2n) is 7.31. The Bertz CT molecular complexity index is 809. The SMILES string of the molecule is CCCCCN(/C(C)=C\C=O)c1nc(-c2ccc(Cl)cc2)c(CN(C)C)n1C. The molecule has 0 bridgehead atoms. The van der Waals surface area contributed by atoms with Gasteiger partial charge in [-0.05, 0) is 45.6 Å². The first-order valence-electron chi connectivity index (χ1n) is 9.74. The summed E-state index contributed by atoms with van der Waals surface area (Å²) < 4.78 is 2.14. The Hall–Kier alpha value is -2.11. The van der Waals surface area contributed by atoms with Crippen LogP contribution in [-0.4, -0.2) is 41.4 Å². The summed E-state index contributed by atoms with van der Waals surface area (Å²) in [7, 11) is 6.14. The van der Waals surface area contributed by atoms with Crippen molar-refractivity contribution in [1.29, 1.82) is 0 Å². The van der Waals surface area contributed by atoms with E-state index in [1.54, 1.807) is 6.08 Å². The van der Waals surface area contributed by atoms with Gasteiger partial charge < -0.3 is 14.4 Å². The molecule has 0 fully saturated rings. The molecule has 1 heterocycles. The fourth-order valence-electron chi connectivity index (χ4n) is 3.22. The number of halogens is 1. The number of allylic oxidation sites excluding steroid dienone is 2. The summed E-state index contributed by atoms with van der Waals surface area (Å²) in [6.07, 6.45) is 5.78. The summed E-state index contributed by atoms with van der Waals surface area (Å²) in [6, 6.07) is 7.79. The van der Waals surface area contributed by atoms with E-state index in [2.05, 4.69) is 35.4 Å². The molecule has 0 atom stereocenters. The molecular formula is C22H31ClN4O. The Morgan fingerprint density at radius 2 is 1.89 bits per heavy atom. The van der Waals surface area contributed by atoms with E-state index in [1.807, 2.05) is 38.2 Å². The number of imidazole rings is 1. The maximum absolute atomic E-state index is 11.1. The number of hydrogen-bond acceptors (Lipinski definition) is 4. The summed E-state index contributed by atoms with van der Waals surface area (Å²) in [4.78, 5) is 20.4. The third-order valence-electron chi connectivity index (χ3n) is 4.74. The normalized spacial score (nSPS) is 11.9. The zero-order chi connectivity index (χ0) is 20.7. The number of anilines is 1. The molecule has 2 rings (SSSR count). The van der Waals surface area contributed by atoms with Crippen molar-refractivity contribution in [3.05, 3.63) is 46.8 Å². The number of aldehydes is 1. The van der Waals surface area contributed by atoms with E-state index >= 15 is 0 Å². The lowest BCUT2D eigenvalue weighted by Gasteiger charge is -2.24. The minimum Gasteiger partial charge on any atom is -0.316 e. The zero-order valence-electron chi connectivity index (χ0n) is 17.6. The highest BCUT2D eigenvalue weighted by Gasteiger charge is 2.21. The number of rotatable bonds is 10.